The standard InChI is InChI=1S/C13H14N2O4/c16-11(15-18)9-1-2-10-8(7-9)3-4-13(19-10)5-6-14-12(13)17/h1-2,7,18H,3-6H2,(H,14,17)(H,15,16). The van der Waals surface area contributed by atoms with Crippen molar-refractivity contribution in [3.05, 3.63) is 29.3 Å². The topological polar surface area (TPSA) is 87.7 Å². The maximum Gasteiger partial charge on any atom is 0.274 e. The van der Waals surface area contributed by atoms with Crippen LogP contribution in [-0.4, -0.2) is 29.2 Å². The molecule has 1 aromatic carbocycles. The Morgan fingerprint density at radius 3 is 2.95 bits per heavy atom. The number of rotatable bonds is 1. The lowest BCUT2D eigenvalue weighted by Crippen LogP contribution is -2.46. The quantitative estimate of drug-likeness (QED) is 0.504. The van der Waals surface area contributed by atoms with Crippen molar-refractivity contribution in [2.75, 3.05) is 6.54 Å². The molecule has 1 saturated heterocycles. The van der Waals surface area contributed by atoms with Crippen LogP contribution < -0.4 is 15.5 Å². The number of nitrogens with one attached hydrogen (secondary N) is 2. The van der Waals surface area contributed by atoms with Crippen molar-refractivity contribution in [1.29, 1.82) is 0 Å². The van der Waals surface area contributed by atoms with Crippen LogP contribution in [0.5, 0.6) is 5.75 Å². The van der Waals surface area contributed by atoms with E-state index in [4.69, 9.17) is 9.94 Å². The number of hydroxylamine groups is 1. The van der Waals surface area contributed by atoms with Crippen LogP contribution in [0.1, 0.15) is 28.8 Å². The summed E-state index contributed by atoms with van der Waals surface area (Å²) in [5.74, 6) is 0.0230. The number of benzene rings is 1. The lowest BCUT2D eigenvalue weighted by Gasteiger charge is -2.33. The van der Waals surface area contributed by atoms with E-state index in [9.17, 15) is 9.59 Å². The fourth-order valence-electron chi connectivity index (χ4n) is 2.67. The average molecular weight is 262 g/mol. The zero-order chi connectivity index (χ0) is 13.5. The third kappa shape index (κ3) is 1.84. The molecule has 1 spiro atoms. The van der Waals surface area contributed by atoms with Crippen molar-refractivity contribution in [1.82, 2.24) is 10.8 Å². The summed E-state index contributed by atoms with van der Waals surface area (Å²) in [5.41, 5.74) is 2.11. The molecule has 6 nitrogen and oxygen atoms in total. The lowest BCUT2D eigenvalue weighted by molar-refractivity contribution is -0.133. The second-order valence-corrected chi connectivity index (χ2v) is 4.87. The highest BCUT2D eigenvalue weighted by molar-refractivity contribution is 5.94. The van der Waals surface area contributed by atoms with Gasteiger partial charge in [-0.15, -0.1) is 0 Å². The normalized spacial score (nSPS) is 24.6. The minimum Gasteiger partial charge on any atom is -0.477 e. The second-order valence-electron chi connectivity index (χ2n) is 4.87. The highest BCUT2D eigenvalue weighted by Crippen LogP contribution is 2.37. The van der Waals surface area contributed by atoms with Crippen LogP contribution in [0.25, 0.3) is 0 Å². The average Bonchev–Trinajstić information content (AvgIpc) is 2.78. The summed E-state index contributed by atoms with van der Waals surface area (Å²) in [5, 5.41) is 11.4. The van der Waals surface area contributed by atoms with Crippen molar-refractivity contribution < 1.29 is 19.5 Å². The van der Waals surface area contributed by atoms with Gasteiger partial charge in [0.15, 0.2) is 5.60 Å². The van der Waals surface area contributed by atoms with Gasteiger partial charge in [-0.05, 0) is 30.2 Å². The molecular formula is C13H14N2O4. The predicted octanol–water partition coefficient (Wildman–Crippen LogP) is 0.389. The first-order chi connectivity index (χ1) is 9.14. The highest BCUT2D eigenvalue weighted by atomic mass is 16.5. The summed E-state index contributed by atoms with van der Waals surface area (Å²) >= 11 is 0. The summed E-state index contributed by atoms with van der Waals surface area (Å²) in [6, 6.07) is 4.92. The minimum atomic E-state index is -0.742. The number of hydrogen-bond donors (Lipinski definition) is 3. The zero-order valence-corrected chi connectivity index (χ0v) is 10.2. The van der Waals surface area contributed by atoms with E-state index in [1.807, 2.05) is 0 Å². The Kier molecular flexibility index (Phi) is 2.67. The van der Waals surface area contributed by atoms with Crippen LogP contribution in [0.3, 0.4) is 0 Å². The molecule has 1 unspecified atom stereocenters. The maximum absolute atomic E-state index is 11.8. The zero-order valence-electron chi connectivity index (χ0n) is 10.2. The SMILES string of the molecule is O=C(NO)c1ccc2c(c1)CCC1(CCNC1=O)O2. The molecule has 0 radical (unpaired) electrons. The van der Waals surface area contributed by atoms with Gasteiger partial charge in [-0.1, -0.05) is 0 Å². The molecule has 0 aromatic heterocycles. The molecule has 3 N–H and O–H groups in total. The Hall–Kier alpha value is -2.08. The Morgan fingerprint density at radius 2 is 2.26 bits per heavy atom. The van der Waals surface area contributed by atoms with E-state index >= 15 is 0 Å². The van der Waals surface area contributed by atoms with Gasteiger partial charge in [-0.25, -0.2) is 5.48 Å². The predicted molar refractivity (Wildman–Crippen MR) is 65.0 cm³/mol. The summed E-state index contributed by atoms with van der Waals surface area (Å²) in [6.45, 7) is 0.638. The smallest absolute Gasteiger partial charge is 0.274 e. The van der Waals surface area contributed by atoms with Gasteiger partial charge in [0.1, 0.15) is 5.75 Å². The van der Waals surface area contributed by atoms with Crippen LogP contribution in [0, 0.1) is 0 Å². The van der Waals surface area contributed by atoms with Gasteiger partial charge in [-0.3, -0.25) is 14.8 Å². The largest absolute Gasteiger partial charge is 0.477 e. The second kappa shape index (κ2) is 4.24. The summed E-state index contributed by atoms with van der Waals surface area (Å²) in [7, 11) is 0. The summed E-state index contributed by atoms with van der Waals surface area (Å²) in [6.07, 6.45) is 1.95. The van der Waals surface area contributed by atoms with E-state index in [1.54, 1.807) is 23.7 Å². The van der Waals surface area contributed by atoms with Crippen LogP contribution in [0.15, 0.2) is 18.2 Å². The van der Waals surface area contributed by atoms with Crippen molar-refractivity contribution in [2.24, 2.45) is 0 Å². The van der Waals surface area contributed by atoms with E-state index < -0.39 is 11.5 Å². The lowest BCUT2D eigenvalue weighted by atomic mass is 9.89. The molecule has 100 valence electrons. The molecule has 2 heterocycles. The molecule has 3 rings (SSSR count). The third-order valence-electron chi connectivity index (χ3n) is 3.76. The molecule has 2 aliphatic heterocycles. The van der Waals surface area contributed by atoms with Gasteiger partial charge in [0, 0.05) is 24.9 Å². The van der Waals surface area contributed by atoms with E-state index in [0.29, 0.717) is 37.1 Å². The number of fused-ring (bicyclic) bond motifs is 1. The van der Waals surface area contributed by atoms with Gasteiger partial charge in [0.05, 0.1) is 0 Å². The summed E-state index contributed by atoms with van der Waals surface area (Å²) < 4.78 is 5.85. The van der Waals surface area contributed by atoms with E-state index in [-0.39, 0.29) is 5.91 Å². The number of amides is 2. The van der Waals surface area contributed by atoms with Crippen LogP contribution >= 0.6 is 0 Å². The van der Waals surface area contributed by atoms with Crippen molar-refractivity contribution in [3.63, 3.8) is 0 Å². The number of ether oxygens (including phenoxy) is 1. The number of carbonyl (C=O) groups excluding carboxylic acids is 2. The van der Waals surface area contributed by atoms with E-state index in [0.717, 1.165) is 5.56 Å². The maximum atomic E-state index is 11.8. The number of carbonyl (C=O) groups is 2. The molecular weight excluding hydrogens is 248 g/mol. The first kappa shape index (κ1) is 12.0. The number of aryl methyl sites for hydroxylation is 1. The van der Waals surface area contributed by atoms with Gasteiger partial charge in [-0.2, -0.15) is 0 Å². The van der Waals surface area contributed by atoms with Crippen LogP contribution in [0.4, 0.5) is 0 Å². The van der Waals surface area contributed by atoms with Crippen LogP contribution in [0.2, 0.25) is 0 Å². The minimum absolute atomic E-state index is 0.0599. The fourth-order valence-corrected chi connectivity index (χ4v) is 2.67. The highest BCUT2D eigenvalue weighted by Gasteiger charge is 2.46. The molecule has 1 atom stereocenters. The molecule has 19 heavy (non-hydrogen) atoms. The van der Waals surface area contributed by atoms with E-state index in [2.05, 4.69) is 5.32 Å². The third-order valence-corrected chi connectivity index (χ3v) is 3.76. The molecule has 1 fully saturated rings. The first-order valence-electron chi connectivity index (χ1n) is 6.19. The summed E-state index contributed by atoms with van der Waals surface area (Å²) in [4.78, 5) is 23.2. The van der Waals surface area contributed by atoms with Gasteiger partial charge >= 0.3 is 0 Å². The van der Waals surface area contributed by atoms with Gasteiger partial charge in [0.2, 0.25) is 0 Å². The Morgan fingerprint density at radius 1 is 1.42 bits per heavy atom. The molecule has 6 heteroatoms. The molecule has 0 saturated carbocycles. The molecule has 0 bridgehead atoms. The van der Waals surface area contributed by atoms with Crippen molar-refractivity contribution in [2.45, 2.75) is 24.9 Å². The Labute approximate surface area is 109 Å². The number of hydrogen-bond acceptors (Lipinski definition) is 4. The molecule has 2 amide bonds. The molecule has 1 aromatic rings. The Bertz CT molecular complexity index is 558. The van der Waals surface area contributed by atoms with Crippen LogP contribution in [-0.2, 0) is 11.2 Å². The monoisotopic (exact) mass is 262 g/mol. The first-order valence-corrected chi connectivity index (χ1v) is 6.19. The van der Waals surface area contributed by atoms with Crippen molar-refractivity contribution >= 4 is 11.8 Å². The fraction of sp³-hybridized carbons (Fsp3) is 0.385. The molecule has 2 aliphatic rings. The molecule has 0 aliphatic carbocycles. The van der Waals surface area contributed by atoms with Gasteiger partial charge in [0.25, 0.3) is 11.8 Å². The van der Waals surface area contributed by atoms with Crippen molar-refractivity contribution in [3.8, 4) is 5.75 Å². The Balaban J connectivity index is 1.91. The van der Waals surface area contributed by atoms with E-state index in [1.165, 1.54) is 0 Å². The van der Waals surface area contributed by atoms with Gasteiger partial charge < -0.3 is 10.1 Å².